The number of aromatic hydroxyl groups is 1. The fourth-order valence-corrected chi connectivity index (χ4v) is 1.41. The van der Waals surface area contributed by atoms with E-state index in [-0.39, 0.29) is 11.3 Å². The van der Waals surface area contributed by atoms with Gasteiger partial charge in [-0.15, -0.1) is 0 Å². The Balaban J connectivity index is 2.52. The van der Waals surface area contributed by atoms with Crippen LogP contribution in [0.1, 0.15) is 10.4 Å². The second kappa shape index (κ2) is 4.10. The zero-order valence-corrected chi connectivity index (χ0v) is 8.22. The van der Waals surface area contributed by atoms with Gasteiger partial charge in [0.05, 0.1) is 6.20 Å². The molecule has 3 nitrogen and oxygen atoms in total. The summed E-state index contributed by atoms with van der Waals surface area (Å²) in [5.41, 5.74) is 1.04. The van der Waals surface area contributed by atoms with Gasteiger partial charge < -0.3 is 5.11 Å². The molecule has 80 valence electrons. The molecule has 0 aliphatic rings. The van der Waals surface area contributed by atoms with Crippen LogP contribution in [0.3, 0.4) is 0 Å². The summed E-state index contributed by atoms with van der Waals surface area (Å²) in [7, 11) is 0. The third-order valence-corrected chi connectivity index (χ3v) is 2.16. The highest BCUT2D eigenvalue weighted by atomic mass is 19.1. The molecule has 1 heterocycles. The molecule has 0 spiro atoms. The number of carbonyl (C=O) groups is 1. The van der Waals surface area contributed by atoms with Gasteiger partial charge in [-0.25, -0.2) is 4.39 Å². The summed E-state index contributed by atoms with van der Waals surface area (Å²) in [4.78, 5) is 14.2. The smallest absolute Gasteiger partial charge is 0.150 e. The molecule has 1 aromatic carbocycles. The third kappa shape index (κ3) is 1.91. The minimum absolute atomic E-state index is 0.0311. The monoisotopic (exact) mass is 217 g/mol. The van der Waals surface area contributed by atoms with E-state index in [0.717, 1.165) is 6.07 Å². The molecule has 2 aromatic rings. The maximum atomic E-state index is 13.6. The van der Waals surface area contributed by atoms with Gasteiger partial charge in [0.25, 0.3) is 0 Å². The quantitative estimate of drug-likeness (QED) is 0.786. The van der Waals surface area contributed by atoms with Crippen molar-refractivity contribution in [3.63, 3.8) is 0 Å². The summed E-state index contributed by atoms with van der Waals surface area (Å²) in [6, 6.07) is 5.54. The highest BCUT2D eigenvalue weighted by Crippen LogP contribution is 2.25. The zero-order valence-electron chi connectivity index (χ0n) is 8.22. The first-order valence-electron chi connectivity index (χ1n) is 4.60. The predicted molar refractivity (Wildman–Crippen MR) is 56.7 cm³/mol. The van der Waals surface area contributed by atoms with E-state index in [9.17, 15) is 14.3 Å². The molecule has 0 unspecified atom stereocenters. The van der Waals surface area contributed by atoms with Crippen LogP contribution in [-0.4, -0.2) is 16.4 Å². The van der Waals surface area contributed by atoms with Crippen LogP contribution in [0.15, 0.2) is 36.7 Å². The third-order valence-electron chi connectivity index (χ3n) is 2.16. The second-order valence-electron chi connectivity index (χ2n) is 3.29. The van der Waals surface area contributed by atoms with Crippen molar-refractivity contribution in [1.29, 1.82) is 0 Å². The van der Waals surface area contributed by atoms with E-state index in [1.165, 1.54) is 30.6 Å². The largest absolute Gasteiger partial charge is 0.506 e. The predicted octanol–water partition coefficient (Wildman–Crippen LogP) is 2.41. The maximum Gasteiger partial charge on any atom is 0.150 e. The van der Waals surface area contributed by atoms with Gasteiger partial charge in [0.2, 0.25) is 0 Å². The van der Waals surface area contributed by atoms with Crippen molar-refractivity contribution >= 4 is 6.29 Å². The van der Waals surface area contributed by atoms with E-state index in [0.29, 0.717) is 17.4 Å². The number of benzene rings is 1. The molecule has 0 aliphatic heterocycles. The summed E-state index contributed by atoms with van der Waals surface area (Å²) in [6.07, 6.45) is 3.29. The minimum Gasteiger partial charge on any atom is -0.506 e. The number of nitrogens with zero attached hydrogens (tertiary/aromatic N) is 1. The standard InChI is InChI=1S/C12H8FNO2/c13-12-3-8(7-15)1-2-11(12)9-4-10(16)6-14-5-9/h1-7,16H. The van der Waals surface area contributed by atoms with Crippen LogP contribution in [0.5, 0.6) is 5.75 Å². The van der Waals surface area contributed by atoms with Gasteiger partial charge in [0.1, 0.15) is 17.9 Å². The van der Waals surface area contributed by atoms with Crippen LogP contribution in [0.4, 0.5) is 4.39 Å². The summed E-state index contributed by atoms with van der Waals surface area (Å²) in [6.45, 7) is 0. The van der Waals surface area contributed by atoms with Gasteiger partial charge >= 0.3 is 0 Å². The van der Waals surface area contributed by atoms with E-state index in [4.69, 9.17) is 0 Å². The summed E-state index contributed by atoms with van der Waals surface area (Å²) in [5.74, 6) is -0.548. The van der Waals surface area contributed by atoms with E-state index >= 15 is 0 Å². The van der Waals surface area contributed by atoms with E-state index < -0.39 is 5.82 Å². The second-order valence-corrected chi connectivity index (χ2v) is 3.29. The molecule has 2 rings (SSSR count). The highest BCUT2D eigenvalue weighted by molar-refractivity contribution is 5.77. The van der Waals surface area contributed by atoms with Gasteiger partial charge in [-0.1, -0.05) is 12.1 Å². The molecule has 0 saturated heterocycles. The molecule has 16 heavy (non-hydrogen) atoms. The van der Waals surface area contributed by atoms with Crippen molar-refractivity contribution in [2.45, 2.75) is 0 Å². The molecule has 0 amide bonds. The van der Waals surface area contributed by atoms with E-state index in [1.807, 2.05) is 0 Å². The molecule has 0 atom stereocenters. The Kier molecular flexibility index (Phi) is 2.64. The van der Waals surface area contributed by atoms with Gasteiger partial charge in [-0.3, -0.25) is 9.78 Å². The Bertz CT molecular complexity index is 540. The lowest BCUT2D eigenvalue weighted by Crippen LogP contribution is -1.88. The number of hydrogen-bond acceptors (Lipinski definition) is 3. The van der Waals surface area contributed by atoms with E-state index in [2.05, 4.69) is 4.98 Å². The van der Waals surface area contributed by atoms with Crippen LogP contribution < -0.4 is 0 Å². The Labute approximate surface area is 91.2 Å². The van der Waals surface area contributed by atoms with Crippen LogP contribution in [0, 0.1) is 5.82 Å². The lowest BCUT2D eigenvalue weighted by atomic mass is 10.1. The Morgan fingerprint density at radius 2 is 2.06 bits per heavy atom. The summed E-state index contributed by atoms with van der Waals surface area (Å²) in [5, 5.41) is 9.22. The lowest BCUT2D eigenvalue weighted by Gasteiger charge is -2.03. The molecule has 0 radical (unpaired) electrons. The fraction of sp³-hybridized carbons (Fsp3) is 0. The average molecular weight is 217 g/mol. The molecule has 4 heteroatoms. The summed E-state index contributed by atoms with van der Waals surface area (Å²) >= 11 is 0. The van der Waals surface area contributed by atoms with Crippen molar-refractivity contribution in [3.8, 4) is 16.9 Å². The number of aldehydes is 1. The SMILES string of the molecule is O=Cc1ccc(-c2cncc(O)c2)c(F)c1. The fourth-order valence-electron chi connectivity index (χ4n) is 1.41. The van der Waals surface area contributed by atoms with E-state index in [1.54, 1.807) is 0 Å². The first-order valence-corrected chi connectivity index (χ1v) is 4.60. The number of pyridine rings is 1. The maximum absolute atomic E-state index is 13.6. The minimum atomic E-state index is -0.517. The van der Waals surface area contributed by atoms with Gasteiger partial charge in [0, 0.05) is 22.9 Å². The highest BCUT2D eigenvalue weighted by Gasteiger charge is 2.06. The molecule has 1 aromatic heterocycles. The molecule has 0 bridgehead atoms. The number of halogens is 1. The van der Waals surface area contributed by atoms with Crippen molar-refractivity contribution in [2.75, 3.05) is 0 Å². The number of carbonyl (C=O) groups excluding carboxylic acids is 1. The topological polar surface area (TPSA) is 50.2 Å². The average Bonchev–Trinajstić information content (AvgIpc) is 2.28. The Hall–Kier alpha value is -2.23. The first kappa shape index (κ1) is 10.3. The molecule has 1 N–H and O–H groups in total. The molecule has 0 aliphatic carbocycles. The van der Waals surface area contributed by atoms with Crippen molar-refractivity contribution in [3.05, 3.63) is 48.0 Å². The first-order chi connectivity index (χ1) is 7.70. The van der Waals surface area contributed by atoms with Gasteiger partial charge in [-0.2, -0.15) is 0 Å². The molecule has 0 fully saturated rings. The molecular formula is C12H8FNO2. The van der Waals surface area contributed by atoms with Crippen LogP contribution in [0.25, 0.3) is 11.1 Å². The zero-order chi connectivity index (χ0) is 11.5. The normalized spacial score (nSPS) is 10.1. The van der Waals surface area contributed by atoms with Crippen LogP contribution in [0.2, 0.25) is 0 Å². The number of aromatic nitrogens is 1. The van der Waals surface area contributed by atoms with Crippen LogP contribution >= 0.6 is 0 Å². The lowest BCUT2D eigenvalue weighted by molar-refractivity contribution is 0.112. The Morgan fingerprint density at radius 3 is 2.69 bits per heavy atom. The number of hydrogen-bond donors (Lipinski definition) is 1. The molecule has 0 saturated carbocycles. The van der Waals surface area contributed by atoms with Gasteiger partial charge in [-0.05, 0) is 12.1 Å². The number of rotatable bonds is 2. The Morgan fingerprint density at radius 1 is 1.25 bits per heavy atom. The van der Waals surface area contributed by atoms with Crippen molar-refractivity contribution < 1.29 is 14.3 Å². The van der Waals surface area contributed by atoms with Crippen molar-refractivity contribution in [2.24, 2.45) is 0 Å². The van der Waals surface area contributed by atoms with Crippen LogP contribution in [-0.2, 0) is 0 Å². The van der Waals surface area contributed by atoms with Crippen molar-refractivity contribution in [1.82, 2.24) is 4.98 Å². The molecular weight excluding hydrogens is 209 g/mol. The van der Waals surface area contributed by atoms with Gasteiger partial charge in [0.15, 0.2) is 0 Å². The summed E-state index contributed by atoms with van der Waals surface area (Å²) < 4.78 is 13.6.